The van der Waals surface area contributed by atoms with Crippen LogP contribution >= 0.6 is 0 Å². The van der Waals surface area contributed by atoms with Crippen LogP contribution < -0.4 is 4.74 Å². The molecule has 19 heavy (non-hydrogen) atoms. The molecule has 106 valence electrons. The van der Waals surface area contributed by atoms with Crippen molar-refractivity contribution in [2.24, 2.45) is 0 Å². The van der Waals surface area contributed by atoms with E-state index in [-0.39, 0.29) is 5.41 Å². The average molecular weight is 262 g/mol. The molecule has 0 saturated carbocycles. The topological polar surface area (TPSA) is 21.8 Å². The van der Waals surface area contributed by atoms with E-state index in [1.807, 2.05) is 0 Å². The zero-order valence-electron chi connectivity index (χ0n) is 12.9. The maximum absolute atomic E-state index is 5.96. The third-order valence-electron chi connectivity index (χ3n) is 3.54. The normalized spacial score (nSPS) is 18.5. The van der Waals surface area contributed by atoms with Crippen LogP contribution in [0.15, 0.2) is 12.1 Å². The van der Waals surface area contributed by atoms with Crippen molar-refractivity contribution in [1.82, 2.24) is 0 Å². The summed E-state index contributed by atoms with van der Waals surface area (Å²) in [5.74, 6) is 1.10. The van der Waals surface area contributed by atoms with Gasteiger partial charge in [0, 0.05) is 5.56 Å². The summed E-state index contributed by atoms with van der Waals surface area (Å²) in [6, 6.07) is 4.53. The van der Waals surface area contributed by atoms with Gasteiger partial charge in [0.25, 0.3) is 0 Å². The Morgan fingerprint density at radius 2 is 2.00 bits per heavy atom. The molecule has 1 aliphatic rings. The summed E-state index contributed by atoms with van der Waals surface area (Å²) >= 11 is 0. The van der Waals surface area contributed by atoms with Crippen molar-refractivity contribution in [1.29, 1.82) is 0 Å². The second-order valence-electron chi connectivity index (χ2n) is 6.48. The molecule has 0 N–H and O–H groups in total. The molecule has 2 heteroatoms. The number of aryl methyl sites for hydroxylation is 2. The zero-order valence-corrected chi connectivity index (χ0v) is 12.9. The van der Waals surface area contributed by atoms with Crippen LogP contribution in [0.4, 0.5) is 0 Å². The summed E-state index contributed by atoms with van der Waals surface area (Å²) in [5, 5.41) is 0. The Hall–Kier alpha value is -1.02. The van der Waals surface area contributed by atoms with Gasteiger partial charge in [0.15, 0.2) is 0 Å². The first kappa shape index (κ1) is 14.4. The van der Waals surface area contributed by atoms with Crippen molar-refractivity contribution in [3.8, 4) is 5.75 Å². The molecule has 2 rings (SSSR count). The number of hydrogen-bond donors (Lipinski definition) is 0. The van der Waals surface area contributed by atoms with Crippen LogP contribution in [0.2, 0.25) is 0 Å². The summed E-state index contributed by atoms with van der Waals surface area (Å²) in [4.78, 5) is 0. The van der Waals surface area contributed by atoms with Crippen molar-refractivity contribution < 1.29 is 9.47 Å². The van der Waals surface area contributed by atoms with Crippen molar-refractivity contribution >= 4 is 0 Å². The van der Waals surface area contributed by atoms with E-state index in [9.17, 15) is 0 Å². The van der Waals surface area contributed by atoms with E-state index in [1.165, 1.54) is 16.7 Å². The fourth-order valence-corrected chi connectivity index (χ4v) is 2.46. The number of epoxide rings is 1. The van der Waals surface area contributed by atoms with E-state index < -0.39 is 0 Å². The molecular weight excluding hydrogens is 236 g/mol. The summed E-state index contributed by atoms with van der Waals surface area (Å²) in [6.07, 6.45) is 2.63. The SMILES string of the molecule is CCOc1c(CCC2CO2)cc(C)cc1C(C)(C)C. The first-order valence-electron chi connectivity index (χ1n) is 7.30. The van der Waals surface area contributed by atoms with Gasteiger partial charge in [-0.25, -0.2) is 0 Å². The second kappa shape index (κ2) is 5.54. The highest BCUT2D eigenvalue weighted by Crippen LogP contribution is 2.36. The lowest BCUT2D eigenvalue weighted by atomic mass is 9.83. The van der Waals surface area contributed by atoms with Crippen LogP contribution in [0.3, 0.4) is 0 Å². The van der Waals surface area contributed by atoms with Gasteiger partial charge in [0.2, 0.25) is 0 Å². The number of benzene rings is 1. The maximum Gasteiger partial charge on any atom is 0.126 e. The maximum atomic E-state index is 5.96. The number of rotatable bonds is 5. The van der Waals surface area contributed by atoms with Gasteiger partial charge in [-0.3, -0.25) is 0 Å². The Bertz CT molecular complexity index is 439. The minimum atomic E-state index is 0.112. The van der Waals surface area contributed by atoms with Crippen molar-refractivity contribution in [3.05, 3.63) is 28.8 Å². The van der Waals surface area contributed by atoms with Crippen molar-refractivity contribution in [2.75, 3.05) is 13.2 Å². The van der Waals surface area contributed by atoms with Gasteiger partial charge < -0.3 is 9.47 Å². The highest BCUT2D eigenvalue weighted by molar-refractivity contribution is 5.48. The lowest BCUT2D eigenvalue weighted by Gasteiger charge is -2.25. The predicted octanol–water partition coefficient (Wildman–Crippen LogP) is 4.02. The van der Waals surface area contributed by atoms with E-state index in [2.05, 4.69) is 46.8 Å². The third-order valence-corrected chi connectivity index (χ3v) is 3.54. The van der Waals surface area contributed by atoms with Crippen molar-refractivity contribution in [2.45, 2.75) is 59.0 Å². The van der Waals surface area contributed by atoms with Crippen LogP contribution in [0, 0.1) is 6.92 Å². The summed E-state index contributed by atoms with van der Waals surface area (Å²) in [5.41, 5.74) is 4.09. The molecule has 1 saturated heterocycles. The largest absolute Gasteiger partial charge is 0.493 e. The quantitative estimate of drug-likeness (QED) is 0.747. The van der Waals surface area contributed by atoms with Crippen LogP contribution in [0.1, 0.15) is 50.8 Å². The Labute approximate surface area is 117 Å². The third kappa shape index (κ3) is 3.73. The molecule has 1 aliphatic heterocycles. The molecule has 0 amide bonds. The number of hydrogen-bond acceptors (Lipinski definition) is 2. The van der Waals surface area contributed by atoms with Gasteiger partial charge in [0.1, 0.15) is 5.75 Å². The summed E-state index contributed by atoms with van der Waals surface area (Å²) in [7, 11) is 0. The van der Waals surface area contributed by atoms with Gasteiger partial charge in [0.05, 0.1) is 19.3 Å². The molecule has 1 unspecified atom stereocenters. The van der Waals surface area contributed by atoms with Gasteiger partial charge in [-0.05, 0) is 37.7 Å². The summed E-state index contributed by atoms with van der Waals surface area (Å²) in [6.45, 7) is 12.6. The van der Waals surface area contributed by atoms with E-state index >= 15 is 0 Å². The molecule has 1 aromatic carbocycles. The molecule has 1 heterocycles. The van der Waals surface area contributed by atoms with E-state index in [0.717, 1.165) is 31.8 Å². The van der Waals surface area contributed by atoms with Crippen LogP contribution in [0.25, 0.3) is 0 Å². The molecule has 1 aromatic rings. The Balaban J connectivity index is 2.34. The van der Waals surface area contributed by atoms with Gasteiger partial charge >= 0.3 is 0 Å². The molecule has 0 aromatic heterocycles. The fraction of sp³-hybridized carbons (Fsp3) is 0.647. The molecular formula is C17H26O2. The van der Waals surface area contributed by atoms with Crippen LogP contribution in [-0.4, -0.2) is 19.3 Å². The molecule has 2 nitrogen and oxygen atoms in total. The number of ether oxygens (including phenoxy) is 2. The Morgan fingerprint density at radius 3 is 2.53 bits per heavy atom. The molecule has 0 radical (unpaired) electrons. The van der Waals surface area contributed by atoms with E-state index in [1.54, 1.807) is 0 Å². The Kier molecular flexibility index (Phi) is 4.19. The minimum absolute atomic E-state index is 0.112. The van der Waals surface area contributed by atoms with E-state index in [0.29, 0.717) is 6.10 Å². The standard InChI is InChI=1S/C17H26O2/c1-6-18-16-13(7-8-14-11-19-14)9-12(2)10-15(16)17(3,4)5/h9-10,14H,6-8,11H2,1-5H3. The van der Waals surface area contributed by atoms with E-state index in [4.69, 9.17) is 9.47 Å². The van der Waals surface area contributed by atoms with Gasteiger partial charge in [-0.2, -0.15) is 0 Å². The molecule has 0 bridgehead atoms. The highest BCUT2D eigenvalue weighted by atomic mass is 16.6. The first-order chi connectivity index (χ1) is 8.91. The zero-order chi connectivity index (χ0) is 14.0. The van der Waals surface area contributed by atoms with Gasteiger partial charge in [-0.15, -0.1) is 0 Å². The predicted molar refractivity (Wildman–Crippen MR) is 79.1 cm³/mol. The molecule has 1 fully saturated rings. The van der Waals surface area contributed by atoms with Crippen LogP contribution in [0.5, 0.6) is 5.75 Å². The molecule has 0 aliphatic carbocycles. The monoisotopic (exact) mass is 262 g/mol. The fourth-order valence-electron chi connectivity index (χ4n) is 2.46. The Morgan fingerprint density at radius 1 is 1.32 bits per heavy atom. The van der Waals surface area contributed by atoms with Crippen LogP contribution in [-0.2, 0) is 16.6 Å². The molecule has 1 atom stereocenters. The average Bonchev–Trinajstić information content (AvgIpc) is 3.11. The highest BCUT2D eigenvalue weighted by Gasteiger charge is 2.25. The first-order valence-corrected chi connectivity index (χ1v) is 7.30. The summed E-state index contributed by atoms with van der Waals surface area (Å²) < 4.78 is 11.3. The lowest BCUT2D eigenvalue weighted by Crippen LogP contribution is -2.15. The van der Waals surface area contributed by atoms with Crippen molar-refractivity contribution in [3.63, 3.8) is 0 Å². The lowest BCUT2D eigenvalue weighted by molar-refractivity contribution is 0.324. The minimum Gasteiger partial charge on any atom is -0.493 e. The smallest absolute Gasteiger partial charge is 0.126 e. The second-order valence-corrected chi connectivity index (χ2v) is 6.48. The molecule has 0 spiro atoms. The van der Waals surface area contributed by atoms with Gasteiger partial charge in [-0.1, -0.05) is 38.5 Å².